The fourth-order valence-corrected chi connectivity index (χ4v) is 3.27. The molecule has 1 aromatic rings. The van der Waals surface area contributed by atoms with Crippen molar-refractivity contribution in [2.45, 2.75) is 50.8 Å². The molecule has 142 valence electrons. The molecule has 0 aromatic heterocycles. The van der Waals surface area contributed by atoms with Gasteiger partial charge in [0, 0.05) is 26.5 Å². The minimum Gasteiger partial charge on any atom is -0.457 e. The number of carbonyl (C=O) groups excluding carboxylic acids is 2. The lowest BCUT2D eigenvalue weighted by atomic mass is 9.95. The monoisotopic (exact) mass is 365 g/mol. The van der Waals surface area contributed by atoms with Gasteiger partial charge in [-0.2, -0.15) is 0 Å². The maximum atomic E-state index is 11.7. The highest BCUT2D eigenvalue weighted by Crippen LogP contribution is 2.35. The molecule has 0 bridgehead atoms. The van der Waals surface area contributed by atoms with Crippen LogP contribution in [0.25, 0.3) is 0 Å². The molecular weight excluding hydrogens is 342 g/mol. The molecule has 1 unspecified atom stereocenters. The van der Waals surface area contributed by atoms with E-state index in [1.54, 1.807) is 0 Å². The molecular formula is C18H23NO7. The number of methoxy groups -OCH3 is 1. The van der Waals surface area contributed by atoms with Crippen LogP contribution in [0.15, 0.2) is 30.3 Å². The van der Waals surface area contributed by atoms with Gasteiger partial charge >= 0.3 is 5.97 Å². The number of ether oxygens (including phenoxy) is 5. The number of rotatable bonds is 4. The maximum absolute atomic E-state index is 11.7. The zero-order valence-electron chi connectivity index (χ0n) is 14.9. The lowest BCUT2D eigenvalue weighted by molar-refractivity contribution is -0.341. The van der Waals surface area contributed by atoms with E-state index in [4.69, 9.17) is 23.7 Å². The topological polar surface area (TPSA) is 92.3 Å². The zero-order valence-corrected chi connectivity index (χ0v) is 14.9. The van der Waals surface area contributed by atoms with E-state index < -0.39 is 42.9 Å². The molecule has 2 saturated heterocycles. The minimum absolute atomic E-state index is 0.245. The number of hydrogen-bond donors (Lipinski definition) is 1. The fraction of sp³-hybridized carbons (Fsp3) is 0.556. The van der Waals surface area contributed by atoms with E-state index in [1.165, 1.54) is 21.0 Å². The van der Waals surface area contributed by atoms with E-state index in [9.17, 15) is 9.59 Å². The third-order valence-electron chi connectivity index (χ3n) is 4.31. The van der Waals surface area contributed by atoms with E-state index >= 15 is 0 Å². The van der Waals surface area contributed by atoms with Crippen molar-refractivity contribution in [2.75, 3.05) is 13.7 Å². The summed E-state index contributed by atoms with van der Waals surface area (Å²) >= 11 is 0. The van der Waals surface area contributed by atoms with Crippen molar-refractivity contribution in [1.82, 2.24) is 5.32 Å². The van der Waals surface area contributed by atoms with Crippen molar-refractivity contribution in [2.24, 2.45) is 0 Å². The number of esters is 1. The quantitative estimate of drug-likeness (QED) is 0.793. The first-order chi connectivity index (χ1) is 12.5. The minimum atomic E-state index is -0.787. The Morgan fingerprint density at radius 2 is 1.88 bits per heavy atom. The summed E-state index contributed by atoms with van der Waals surface area (Å²) < 4.78 is 28.5. The molecule has 6 atom stereocenters. The average Bonchev–Trinajstić information content (AvgIpc) is 2.63. The van der Waals surface area contributed by atoms with Gasteiger partial charge in [0.1, 0.15) is 18.2 Å². The summed E-state index contributed by atoms with van der Waals surface area (Å²) in [5.74, 6) is -0.768. The van der Waals surface area contributed by atoms with Gasteiger partial charge in [0.05, 0.1) is 6.61 Å². The summed E-state index contributed by atoms with van der Waals surface area (Å²) in [5.41, 5.74) is 0.845. The molecule has 1 amide bonds. The van der Waals surface area contributed by atoms with Gasteiger partial charge in [0.2, 0.25) is 5.91 Å². The van der Waals surface area contributed by atoms with Gasteiger partial charge in [-0.1, -0.05) is 30.3 Å². The number of amides is 1. The number of nitrogens with one attached hydrogen (secondary N) is 1. The molecule has 8 nitrogen and oxygen atoms in total. The van der Waals surface area contributed by atoms with Crippen molar-refractivity contribution in [3.05, 3.63) is 35.9 Å². The molecule has 1 aromatic carbocycles. The van der Waals surface area contributed by atoms with E-state index in [2.05, 4.69) is 5.32 Å². The predicted octanol–water partition coefficient (Wildman–Crippen LogP) is 0.908. The number of carbonyl (C=O) groups is 2. The van der Waals surface area contributed by atoms with Gasteiger partial charge in [-0.05, 0) is 0 Å². The smallest absolute Gasteiger partial charge is 0.303 e. The van der Waals surface area contributed by atoms with E-state index in [0.717, 1.165) is 5.56 Å². The van der Waals surface area contributed by atoms with Crippen LogP contribution in [-0.2, 0) is 33.3 Å². The van der Waals surface area contributed by atoms with Crippen LogP contribution in [0.2, 0.25) is 0 Å². The highest BCUT2D eigenvalue weighted by Gasteiger charge is 2.52. The second-order valence-corrected chi connectivity index (χ2v) is 6.26. The molecule has 8 heteroatoms. The Labute approximate surface area is 151 Å². The lowest BCUT2D eigenvalue weighted by Gasteiger charge is -2.48. The maximum Gasteiger partial charge on any atom is 0.303 e. The standard InChI is InChI=1S/C18H23NO7/c1-10(20)19-14-16(24-11(2)21)15-13(25-18(14)22-3)9-23-17(26-15)12-7-5-4-6-8-12/h4-8,13-18H,9H2,1-3H3,(H,19,20)/t13-,14-,15-,16-,17?,18+/m1/s1. The third-order valence-corrected chi connectivity index (χ3v) is 4.31. The second-order valence-electron chi connectivity index (χ2n) is 6.26. The summed E-state index contributed by atoms with van der Waals surface area (Å²) in [5, 5.41) is 2.74. The molecule has 2 aliphatic rings. The van der Waals surface area contributed by atoms with Crippen molar-refractivity contribution in [3.63, 3.8) is 0 Å². The van der Waals surface area contributed by atoms with Crippen molar-refractivity contribution in [1.29, 1.82) is 0 Å². The van der Waals surface area contributed by atoms with Crippen LogP contribution in [0.1, 0.15) is 25.7 Å². The number of benzene rings is 1. The number of fused-ring (bicyclic) bond motifs is 1. The normalized spacial score (nSPS) is 33.8. The summed E-state index contributed by atoms with van der Waals surface area (Å²) in [7, 11) is 1.46. The summed E-state index contributed by atoms with van der Waals surface area (Å²) in [6.45, 7) is 2.93. The Balaban J connectivity index is 1.86. The van der Waals surface area contributed by atoms with Gasteiger partial charge < -0.3 is 29.0 Å². The first kappa shape index (κ1) is 18.8. The van der Waals surface area contributed by atoms with Gasteiger partial charge in [0.25, 0.3) is 0 Å². The van der Waals surface area contributed by atoms with Crippen LogP contribution >= 0.6 is 0 Å². The Morgan fingerprint density at radius 1 is 1.15 bits per heavy atom. The zero-order chi connectivity index (χ0) is 18.7. The van der Waals surface area contributed by atoms with Gasteiger partial charge in [-0.15, -0.1) is 0 Å². The molecule has 2 fully saturated rings. The lowest BCUT2D eigenvalue weighted by Crippen LogP contribution is -2.67. The third kappa shape index (κ3) is 4.04. The van der Waals surface area contributed by atoms with E-state index in [0.29, 0.717) is 0 Å². The molecule has 2 aliphatic heterocycles. The molecule has 0 spiro atoms. The van der Waals surface area contributed by atoms with Gasteiger partial charge in [0.15, 0.2) is 18.7 Å². The number of hydrogen-bond acceptors (Lipinski definition) is 7. The molecule has 0 radical (unpaired) electrons. The molecule has 0 saturated carbocycles. The Morgan fingerprint density at radius 3 is 2.50 bits per heavy atom. The Kier molecular flexibility index (Phi) is 5.87. The Hall–Kier alpha value is -2.00. The van der Waals surface area contributed by atoms with Gasteiger partial charge in [-0.25, -0.2) is 0 Å². The van der Waals surface area contributed by atoms with Gasteiger partial charge in [-0.3, -0.25) is 9.59 Å². The molecule has 2 heterocycles. The largest absolute Gasteiger partial charge is 0.457 e. The van der Waals surface area contributed by atoms with Crippen LogP contribution in [0.5, 0.6) is 0 Å². The van der Waals surface area contributed by atoms with Crippen LogP contribution in [-0.4, -0.2) is 56.2 Å². The summed E-state index contributed by atoms with van der Waals surface area (Å²) in [4.78, 5) is 23.3. The predicted molar refractivity (Wildman–Crippen MR) is 88.8 cm³/mol. The van der Waals surface area contributed by atoms with Crippen LogP contribution < -0.4 is 5.32 Å². The first-order valence-electron chi connectivity index (χ1n) is 8.44. The molecule has 26 heavy (non-hydrogen) atoms. The molecule has 3 rings (SSSR count). The van der Waals surface area contributed by atoms with Crippen LogP contribution in [0, 0.1) is 0 Å². The van der Waals surface area contributed by atoms with Crippen LogP contribution in [0.4, 0.5) is 0 Å². The first-order valence-corrected chi connectivity index (χ1v) is 8.44. The fourth-order valence-electron chi connectivity index (χ4n) is 3.27. The molecule has 0 aliphatic carbocycles. The summed E-state index contributed by atoms with van der Waals surface area (Å²) in [6, 6.07) is 8.75. The summed E-state index contributed by atoms with van der Waals surface area (Å²) in [6.07, 6.45) is -3.27. The van der Waals surface area contributed by atoms with Crippen LogP contribution in [0.3, 0.4) is 0 Å². The van der Waals surface area contributed by atoms with E-state index in [1.807, 2.05) is 30.3 Å². The molecule has 1 N–H and O–H groups in total. The van der Waals surface area contributed by atoms with Crippen molar-refractivity contribution in [3.8, 4) is 0 Å². The highest BCUT2D eigenvalue weighted by molar-refractivity contribution is 5.73. The average molecular weight is 365 g/mol. The van der Waals surface area contributed by atoms with Crippen molar-refractivity contribution >= 4 is 11.9 Å². The SMILES string of the molecule is CO[C@H]1O[C@@H]2COC(c3ccccc3)O[C@H]2[C@H](OC(C)=O)[C@H]1NC(C)=O. The second kappa shape index (κ2) is 8.13. The van der Waals surface area contributed by atoms with E-state index in [-0.39, 0.29) is 12.5 Å². The Bertz CT molecular complexity index is 638. The highest BCUT2D eigenvalue weighted by atomic mass is 16.7. The van der Waals surface area contributed by atoms with Crippen molar-refractivity contribution < 1.29 is 33.3 Å².